The molecule has 0 aliphatic carbocycles. The highest BCUT2D eigenvalue weighted by Crippen LogP contribution is 2.47. The van der Waals surface area contributed by atoms with Crippen LogP contribution in [0.4, 0.5) is 45.5 Å². The normalized spacial score (nSPS) is 13.1. The summed E-state index contributed by atoms with van der Waals surface area (Å²) in [6.45, 7) is 0. The third-order valence-corrected chi connectivity index (χ3v) is 18.6. The largest absolute Gasteiger partial charge is 0.594 e. The molecule has 0 saturated heterocycles. The molecule has 35 nitrogen and oxygen atoms in total. The van der Waals surface area contributed by atoms with E-state index in [4.69, 9.17) is 27.2 Å². The van der Waals surface area contributed by atoms with Crippen LogP contribution < -0.4 is 11.5 Å². The molecule has 0 amide bonds. The van der Waals surface area contributed by atoms with E-state index in [1.165, 1.54) is 72.8 Å². The topological polar surface area (TPSA) is 568 Å². The van der Waals surface area contributed by atoms with Crippen molar-refractivity contribution in [3.05, 3.63) is 137 Å². The maximum Gasteiger partial charge on any atom is 0.296 e. The van der Waals surface area contributed by atoms with Gasteiger partial charge in [0.1, 0.15) is 41.5 Å². The predicted molar refractivity (Wildman–Crippen MR) is 318 cm³/mol. The van der Waals surface area contributed by atoms with Crippen LogP contribution in [-0.4, -0.2) is 95.7 Å². The van der Waals surface area contributed by atoms with Crippen LogP contribution in [0, 0.1) is 5.21 Å². The van der Waals surface area contributed by atoms with Crippen molar-refractivity contribution in [3.63, 3.8) is 0 Å². The average Bonchev–Trinajstić information content (AvgIpc) is 0.779. The maximum atomic E-state index is 13.5. The van der Waals surface area contributed by atoms with Gasteiger partial charge in [0.25, 0.3) is 50.6 Å². The third kappa shape index (κ3) is 16.1. The molecule has 0 atom stereocenters. The van der Waals surface area contributed by atoms with Gasteiger partial charge in [-0.15, -0.1) is 23.2 Å². The molecule has 43 heteroatoms. The van der Waals surface area contributed by atoms with Gasteiger partial charge in [-0.25, -0.2) is 15.8 Å². The summed E-state index contributed by atoms with van der Waals surface area (Å²) < 4.78 is 187. The Bertz CT molecular complexity index is 5020. The number of nitrogen functional groups attached to an aromatic ring is 2. The zero-order chi connectivity index (χ0) is 66.5. The van der Waals surface area contributed by atoms with Crippen molar-refractivity contribution in [2.45, 2.75) is 39.2 Å². The lowest BCUT2D eigenvalue weighted by Gasteiger charge is -2.13. The quantitative estimate of drug-likeness (QED) is 0.00391. The van der Waals surface area contributed by atoms with E-state index in [9.17, 15) is 80.3 Å². The Morgan fingerprint density at radius 1 is 0.418 bits per heavy atom. The molecule has 0 unspecified atom stereocenters. The summed E-state index contributed by atoms with van der Waals surface area (Å²) in [5.74, 6) is -1.70. The minimum Gasteiger partial charge on any atom is -0.594 e. The number of hydrogen-bond donors (Lipinski definition) is 12. The maximum absolute atomic E-state index is 13.5. The third-order valence-electron chi connectivity index (χ3n) is 12.1. The number of nitrogens with two attached hydrogens (primary N) is 2. The molecule has 0 fully saturated rings. The second-order valence-corrected chi connectivity index (χ2v) is 26.8. The number of aromatic hydroxyl groups is 2. The Labute approximate surface area is 523 Å². The number of nitrogens with zero attached hydrogens (tertiary/aromatic N) is 6. The van der Waals surface area contributed by atoms with Crippen molar-refractivity contribution < 1.29 is 124 Å². The molecule has 0 aromatic heterocycles. The fraction of sp³-hybridized carbons (Fsp3) is 0. The van der Waals surface area contributed by atoms with Crippen molar-refractivity contribution in [1.82, 2.24) is 0 Å². The number of rotatable bonds is 24. The molecule has 0 bridgehead atoms. The van der Waals surface area contributed by atoms with Crippen molar-refractivity contribution >= 4 is 178 Å². The van der Waals surface area contributed by atoms with Gasteiger partial charge in [0.15, 0.2) is 11.5 Å². The SMILES string of the molecule is Nc1c(SOOO)cc(S(=O)(=O)O)c2ccc(N=Nc3ccc(/C=C/c4ccc([N+]([O-])=Nc5ccc(/C=C/c6ccc(N=Nc7ccc8c(S(=O)(=O)O)cc(S(=O)(=O)O)c(N)c8c7O)cc6SOOO)c(S(=O)(=O)O)c5)cc4SOOO)c(S(=O)(=O)O)c3)c(O)c12. The molecule has 0 radical (unpaired) electrons. The van der Waals surface area contributed by atoms with Gasteiger partial charge in [-0.1, -0.05) is 74.6 Å². The summed E-state index contributed by atoms with van der Waals surface area (Å²) in [6, 6.07) is 19.5. The number of anilines is 2. The molecule has 478 valence electrons. The van der Waals surface area contributed by atoms with E-state index in [0.29, 0.717) is 30.2 Å². The van der Waals surface area contributed by atoms with Gasteiger partial charge in [0.2, 0.25) is 5.69 Å². The van der Waals surface area contributed by atoms with E-state index in [-0.39, 0.29) is 98.7 Å². The van der Waals surface area contributed by atoms with Gasteiger partial charge in [0.05, 0.1) is 79.4 Å². The van der Waals surface area contributed by atoms with E-state index >= 15 is 0 Å². The number of phenolic OH excluding ortho intramolecular Hbond substituents is 2. The highest BCUT2D eigenvalue weighted by Gasteiger charge is 2.28. The summed E-state index contributed by atoms with van der Waals surface area (Å²) in [5, 5.41) is 90.9. The van der Waals surface area contributed by atoms with E-state index < -0.39 is 109 Å². The second kappa shape index (κ2) is 27.7. The Hall–Kier alpha value is -8.20. The van der Waals surface area contributed by atoms with Gasteiger partial charge >= 0.3 is 0 Å². The molecule has 0 aliphatic rings. The van der Waals surface area contributed by atoms with Crippen LogP contribution in [0.5, 0.6) is 11.5 Å². The zero-order valence-electron chi connectivity index (χ0n) is 44.2. The Kier molecular flexibility index (Phi) is 20.9. The van der Waals surface area contributed by atoms with Crippen molar-refractivity contribution in [2.24, 2.45) is 25.6 Å². The van der Waals surface area contributed by atoms with E-state index in [2.05, 4.69) is 53.7 Å². The van der Waals surface area contributed by atoms with Gasteiger partial charge in [-0.2, -0.15) is 52.3 Å². The van der Waals surface area contributed by atoms with Gasteiger partial charge in [0, 0.05) is 32.9 Å². The van der Waals surface area contributed by atoms with E-state index in [0.717, 1.165) is 54.6 Å². The van der Waals surface area contributed by atoms with Crippen LogP contribution in [0.3, 0.4) is 0 Å². The fourth-order valence-electron chi connectivity index (χ4n) is 8.22. The number of fused-ring (bicyclic) bond motifs is 2. The first kappa shape index (κ1) is 68.7. The molecule has 0 spiro atoms. The summed E-state index contributed by atoms with van der Waals surface area (Å²) >= 11 is 0.930. The van der Waals surface area contributed by atoms with Crippen LogP contribution in [0.25, 0.3) is 45.8 Å². The average molecular weight is 1410 g/mol. The highest BCUT2D eigenvalue weighted by molar-refractivity contribution is 7.95. The lowest BCUT2D eigenvalue weighted by Crippen LogP contribution is -2.08. The Morgan fingerprint density at radius 2 is 0.802 bits per heavy atom. The molecule has 91 heavy (non-hydrogen) atoms. The Morgan fingerprint density at radius 3 is 1.27 bits per heavy atom. The lowest BCUT2D eigenvalue weighted by molar-refractivity contribution is -0.435. The molecule has 8 aromatic carbocycles. The molecule has 0 aliphatic heterocycles. The summed E-state index contributed by atoms with van der Waals surface area (Å²) in [4.78, 5) is -4.62. The lowest BCUT2D eigenvalue weighted by atomic mass is 10.1. The van der Waals surface area contributed by atoms with Crippen molar-refractivity contribution in [2.75, 3.05) is 11.5 Å². The van der Waals surface area contributed by atoms with E-state index in [1.807, 2.05) is 0 Å². The van der Waals surface area contributed by atoms with Crippen LogP contribution in [0.1, 0.15) is 22.3 Å². The molecule has 0 saturated carbocycles. The second-order valence-electron chi connectivity index (χ2n) is 17.7. The van der Waals surface area contributed by atoms with Crippen LogP contribution in [0.15, 0.2) is 174 Å². The first-order valence-electron chi connectivity index (χ1n) is 23.7. The number of azo groups is 3. The molecule has 8 aromatic rings. The minimum absolute atomic E-state index is 0.0186. The van der Waals surface area contributed by atoms with Crippen LogP contribution in [0.2, 0.25) is 0 Å². The molecule has 8 rings (SSSR count). The molecular weight excluding hydrogens is 1380 g/mol. The predicted octanol–water partition coefficient (Wildman–Crippen LogP) is 11.2. The standard InChI is InChI=1S/C48H36N8O27S8/c49-45-37(86-83-80-62)21-40(89(69,70)71)31-13-15-33(47(57)43(31)45)54-52-28-10-6-25(38(18-28)87(63,64)65)4-2-24-8-12-30(20-36(24)85-82-79-61)56(59)55-29-11-7-26(39(19-29)88(66,67)68)3-1-23-5-9-27(17-35(23)84-81-78-60)51-53-34-16-14-32-41(90(72,73)74)22-42(91(75,76)77)46(50)44(32)48(34)58/h1-22,57-58,60-62H,49-50H2,(H,63,64,65)(H,66,67,68)(H,69,70,71)(H,72,73,74)(H,75,76,77)/b3-1+,4-2+,53-51?,54-52?,56-55?. The van der Waals surface area contributed by atoms with Gasteiger partial charge in [-0.05, 0) is 89.0 Å². The van der Waals surface area contributed by atoms with E-state index in [1.54, 1.807) is 0 Å². The fourth-order valence-corrected chi connectivity index (χ4v) is 13.3. The monoisotopic (exact) mass is 1410 g/mol. The van der Waals surface area contributed by atoms with Crippen molar-refractivity contribution in [3.8, 4) is 11.5 Å². The summed E-state index contributed by atoms with van der Waals surface area (Å²) in [6.07, 6.45) is 4.94. The number of hydrogen-bond acceptors (Lipinski definition) is 32. The molecular formula is C48H36N8O27S8. The first-order valence-corrected chi connectivity index (χ1v) is 33.1. The summed E-state index contributed by atoms with van der Waals surface area (Å²) in [5.41, 5.74) is 9.20. The molecule has 0 heterocycles. The molecule has 14 N–H and O–H groups in total. The highest BCUT2D eigenvalue weighted by atomic mass is 32.2. The van der Waals surface area contributed by atoms with Crippen LogP contribution in [-0.2, 0) is 78.7 Å². The smallest absolute Gasteiger partial charge is 0.296 e. The minimum atomic E-state index is -5.21. The first-order chi connectivity index (χ1) is 42.7. The Balaban J connectivity index is 1.05. The van der Waals surface area contributed by atoms with Gasteiger partial charge < -0.3 is 26.9 Å². The summed E-state index contributed by atoms with van der Waals surface area (Å²) in [7, 11) is -25.5. The number of phenols is 2. The number of benzene rings is 8. The van der Waals surface area contributed by atoms with Gasteiger partial charge in [-0.3, -0.25) is 22.8 Å². The van der Waals surface area contributed by atoms with Crippen molar-refractivity contribution in [1.29, 1.82) is 0 Å². The zero-order valence-corrected chi connectivity index (χ0v) is 50.8. The van der Waals surface area contributed by atoms with Crippen LogP contribution >= 0.6 is 36.1 Å².